The fourth-order valence-corrected chi connectivity index (χ4v) is 6.16. The maximum Gasteiger partial charge on any atom is 0.406 e. The van der Waals surface area contributed by atoms with Gasteiger partial charge in [-0.1, -0.05) is 23.2 Å². The van der Waals surface area contributed by atoms with E-state index in [1.54, 1.807) is 25.5 Å². The molecule has 2 aromatic heterocycles. The molecule has 4 heterocycles. The van der Waals surface area contributed by atoms with Gasteiger partial charge in [0.05, 0.1) is 25.2 Å². The van der Waals surface area contributed by atoms with E-state index in [1.165, 1.54) is 7.11 Å². The number of piperazine rings is 1. The third kappa shape index (κ3) is 9.65. The quantitative estimate of drug-likeness (QED) is 0.280. The Balaban J connectivity index is 1.24. The summed E-state index contributed by atoms with van der Waals surface area (Å²) in [5.74, 6) is 1.69. The van der Waals surface area contributed by atoms with Gasteiger partial charge in [0.2, 0.25) is 11.8 Å². The zero-order valence-corrected chi connectivity index (χ0v) is 27.6. The Morgan fingerprint density at radius 2 is 1.63 bits per heavy atom. The van der Waals surface area contributed by atoms with E-state index in [1.807, 2.05) is 24.3 Å². The van der Waals surface area contributed by atoms with Gasteiger partial charge < -0.3 is 24.4 Å². The molecule has 0 unspecified atom stereocenters. The summed E-state index contributed by atoms with van der Waals surface area (Å²) >= 11 is 12.6. The number of hydrogen-bond donors (Lipinski definition) is 1. The summed E-state index contributed by atoms with van der Waals surface area (Å²) in [5.41, 5.74) is 2.50. The minimum atomic E-state index is -0.421. The maximum atomic E-state index is 11.7. The number of methoxy groups -OCH3 is 1. The summed E-state index contributed by atoms with van der Waals surface area (Å²) < 4.78 is 16.1. The van der Waals surface area contributed by atoms with Gasteiger partial charge in [-0.25, -0.2) is 19.7 Å². The van der Waals surface area contributed by atoms with Crippen molar-refractivity contribution >= 4 is 41.2 Å². The van der Waals surface area contributed by atoms with Crippen LogP contribution in [0.5, 0.6) is 11.6 Å². The minimum Gasteiger partial charge on any atom is -0.469 e. The number of likely N-dealkylation sites (tertiary alicyclic amines) is 1. The van der Waals surface area contributed by atoms with E-state index in [-0.39, 0.29) is 5.97 Å². The molecule has 1 amide bonds. The Hall–Kier alpha value is -3.71. The van der Waals surface area contributed by atoms with Crippen molar-refractivity contribution in [3.63, 3.8) is 0 Å². The van der Waals surface area contributed by atoms with Crippen LogP contribution in [0.4, 0.5) is 10.7 Å². The van der Waals surface area contributed by atoms with Crippen molar-refractivity contribution in [3.05, 3.63) is 58.3 Å². The predicted molar refractivity (Wildman–Crippen MR) is 175 cm³/mol. The number of pyridine rings is 1. The zero-order chi connectivity index (χ0) is 32.5. The zero-order valence-electron chi connectivity index (χ0n) is 26.1. The van der Waals surface area contributed by atoms with Crippen molar-refractivity contribution in [1.29, 1.82) is 0 Å². The summed E-state index contributed by atoms with van der Waals surface area (Å²) in [6, 6.07) is 9.30. The van der Waals surface area contributed by atoms with Crippen LogP contribution >= 0.6 is 23.2 Å². The van der Waals surface area contributed by atoms with Gasteiger partial charge in [-0.05, 0) is 61.7 Å². The number of piperidine rings is 1. The standard InChI is InChI=1S/C32H39Cl2N7O5/c1-35-32(43)45-12-11-39-7-9-41(10-8-39)31-36-19-27(20-37-31)46-29-14-23(13-28(38-29)24-16-25(33)18-26(34)17-24)21-40-5-3-22(4-6-40)15-30(42)44-2/h13-14,16-20,22H,3-12,15,21H2,1-2H3,(H,35,43). The fourth-order valence-electron chi connectivity index (χ4n) is 5.64. The summed E-state index contributed by atoms with van der Waals surface area (Å²) in [7, 11) is 2.98. The number of rotatable bonds is 11. The number of alkyl carbamates (subject to hydrolysis) is 1. The van der Waals surface area contributed by atoms with E-state index >= 15 is 0 Å². The average molecular weight is 673 g/mol. The molecule has 3 aromatic rings. The first kappa shape index (κ1) is 33.6. The molecule has 0 saturated carbocycles. The average Bonchev–Trinajstić information content (AvgIpc) is 3.05. The first-order valence-electron chi connectivity index (χ1n) is 15.4. The molecule has 46 heavy (non-hydrogen) atoms. The van der Waals surface area contributed by atoms with E-state index in [0.29, 0.717) is 65.4 Å². The van der Waals surface area contributed by atoms with Crippen molar-refractivity contribution in [3.8, 4) is 22.9 Å². The highest BCUT2D eigenvalue weighted by atomic mass is 35.5. The lowest BCUT2D eigenvalue weighted by Gasteiger charge is -2.34. The lowest BCUT2D eigenvalue weighted by Crippen LogP contribution is -2.48. The molecule has 2 fully saturated rings. The van der Waals surface area contributed by atoms with Crippen molar-refractivity contribution in [2.75, 3.05) is 71.5 Å². The van der Waals surface area contributed by atoms with Crippen LogP contribution in [-0.2, 0) is 20.8 Å². The fraction of sp³-hybridized carbons (Fsp3) is 0.469. The SMILES string of the molecule is CNC(=O)OCCN1CCN(c2ncc(Oc3cc(CN4CCC(CC(=O)OC)CC4)cc(-c4cc(Cl)cc(Cl)c4)n3)cn2)CC1. The van der Waals surface area contributed by atoms with Crippen LogP contribution in [0.1, 0.15) is 24.8 Å². The first-order chi connectivity index (χ1) is 22.3. The molecule has 2 aliphatic heterocycles. The minimum absolute atomic E-state index is 0.153. The predicted octanol–water partition coefficient (Wildman–Crippen LogP) is 4.89. The molecule has 0 spiro atoms. The Morgan fingerprint density at radius 1 is 0.935 bits per heavy atom. The van der Waals surface area contributed by atoms with Crippen LogP contribution in [0.15, 0.2) is 42.7 Å². The number of amides is 1. The van der Waals surface area contributed by atoms with E-state index in [2.05, 4.69) is 30.0 Å². The maximum absolute atomic E-state index is 11.7. The van der Waals surface area contributed by atoms with Crippen LogP contribution < -0.4 is 15.0 Å². The summed E-state index contributed by atoms with van der Waals surface area (Å²) in [4.78, 5) is 43.6. The number of hydrogen-bond acceptors (Lipinski definition) is 11. The molecule has 2 aliphatic rings. The largest absolute Gasteiger partial charge is 0.469 e. The van der Waals surface area contributed by atoms with Gasteiger partial charge in [0.25, 0.3) is 0 Å². The number of benzene rings is 1. The van der Waals surface area contributed by atoms with Crippen molar-refractivity contribution < 1.29 is 23.8 Å². The second kappa shape index (κ2) is 16.2. The lowest BCUT2D eigenvalue weighted by molar-refractivity contribution is -0.142. The van der Waals surface area contributed by atoms with Crippen LogP contribution in [0, 0.1) is 5.92 Å². The Bertz CT molecular complexity index is 1460. The van der Waals surface area contributed by atoms with Gasteiger partial charge in [0, 0.05) is 74.4 Å². The van der Waals surface area contributed by atoms with Gasteiger partial charge in [0.1, 0.15) is 6.61 Å². The number of carbonyl (C=O) groups excluding carboxylic acids is 2. The number of anilines is 1. The second-order valence-electron chi connectivity index (χ2n) is 11.4. The van der Waals surface area contributed by atoms with Gasteiger partial charge in [-0.15, -0.1) is 0 Å². The smallest absolute Gasteiger partial charge is 0.406 e. The first-order valence-corrected chi connectivity index (χ1v) is 16.1. The number of ether oxygens (including phenoxy) is 3. The second-order valence-corrected chi connectivity index (χ2v) is 12.3. The number of carbonyl (C=O) groups is 2. The van der Waals surface area contributed by atoms with Gasteiger partial charge >= 0.3 is 12.1 Å². The van der Waals surface area contributed by atoms with Crippen LogP contribution in [0.2, 0.25) is 10.0 Å². The molecule has 0 atom stereocenters. The third-order valence-electron chi connectivity index (χ3n) is 8.15. The van der Waals surface area contributed by atoms with E-state index in [9.17, 15) is 9.59 Å². The van der Waals surface area contributed by atoms with E-state index < -0.39 is 6.09 Å². The third-order valence-corrected chi connectivity index (χ3v) is 8.59. The molecular formula is C32H39Cl2N7O5. The molecule has 5 rings (SSSR count). The van der Waals surface area contributed by atoms with Crippen LogP contribution in [-0.4, -0.2) is 103 Å². The summed E-state index contributed by atoms with van der Waals surface area (Å²) in [5, 5.41) is 3.49. The van der Waals surface area contributed by atoms with Gasteiger partial charge in [-0.3, -0.25) is 14.6 Å². The van der Waals surface area contributed by atoms with Crippen molar-refractivity contribution in [2.24, 2.45) is 5.92 Å². The number of nitrogens with zero attached hydrogens (tertiary/aromatic N) is 6. The molecule has 12 nitrogen and oxygen atoms in total. The number of nitrogens with one attached hydrogen (secondary N) is 1. The summed E-state index contributed by atoms with van der Waals surface area (Å²) in [6.07, 6.45) is 5.22. The lowest BCUT2D eigenvalue weighted by atomic mass is 9.93. The highest BCUT2D eigenvalue weighted by Gasteiger charge is 2.23. The Morgan fingerprint density at radius 3 is 2.28 bits per heavy atom. The van der Waals surface area contributed by atoms with Crippen molar-refractivity contribution in [2.45, 2.75) is 25.8 Å². The van der Waals surface area contributed by atoms with Crippen LogP contribution in [0.25, 0.3) is 11.3 Å². The molecule has 2 saturated heterocycles. The monoisotopic (exact) mass is 671 g/mol. The Kier molecular flexibility index (Phi) is 11.9. The number of esters is 1. The van der Waals surface area contributed by atoms with E-state index in [4.69, 9.17) is 42.4 Å². The highest BCUT2D eigenvalue weighted by molar-refractivity contribution is 6.35. The molecule has 14 heteroatoms. The molecule has 0 bridgehead atoms. The Labute approximate surface area is 278 Å². The molecular weight excluding hydrogens is 633 g/mol. The molecule has 246 valence electrons. The van der Waals surface area contributed by atoms with Gasteiger partial charge in [0.15, 0.2) is 5.75 Å². The van der Waals surface area contributed by atoms with Crippen molar-refractivity contribution in [1.82, 2.24) is 30.1 Å². The molecule has 1 N–H and O–H groups in total. The van der Waals surface area contributed by atoms with Crippen LogP contribution in [0.3, 0.4) is 0 Å². The normalized spacial score (nSPS) is 16.2. The molecule has 0 radical (unpaired) electrons. The topological polar surface area (TPSA) is 122 Å². The number of halogens is 2. The van der Waals surface area contributed by atoms with E-state index in [0.717, 1.165) is 63.2 Å². The molecule has 0 aliphatic carbocycles. The molecule has 1 aromatic carbocycles. The number of aromatic nitrogens is 3. The van der Waals surface area contributed by atoms with Gasteiger partial charge in [-0.2, -0.15) is 0 Å². The highest BCUT2D eigenvalue weighted by Crippen LogP contribution is 2.31. The summed E-state index contributed by atoms with van der Waals surface area (Å²) in [6.45, 7) is 6.63.